The van der Waals surface area contributed by atoms with Gasteiger partial charge in [0.1, 0.15) is 6.54 Å². The van der Waals surface area contributed by atoms with Gasteiger partial charge >= 0.3 is 9.39 Å². The van der Waals surface area contributed by atoms with Crippen LogP contribution in [-0.2, 0) is 6.54 Å². The molecule has 0 radical (unpaired) electrons. The minimum atomic E-state index is -2.94. The average Bonchev–Trinajstić information content (AvgIpc) is 2.14. The van der Waals surface area contributed by atoms with E-state index in [2.05, 4.69) is 42.9 Å². The summed E-state index contributed by atoms with van der Waals surface area (Å²) in [4.78, 5) is 0. The van der Waals surface area contributed by atoms with Crippen LogP contribution >= 0.6 is 40.2 Å². The molecule has 0 bridgehead atoms. The van der Waals surface area contributed by atoms with Gasteiger partial charge in [-0.05, 0) is 12.5 Å². The van der Waals surface area contributed by atoms with E-state index in [4.69, 9.17) is 40.2 Å². The first-order valence-electron chi connectivity index (χ1n) is 5.16. The Bertz CT molecular complexity index is 278. The highest BCUT2D eigenvalue weighted by Gasteiger charge is 2.14. The first-order chi connectivity index (χ1) is 7.33. The van der Waals surface area contributed by atoms with E-state index in [1.54, 1.807) is 0 Å². The number of halogens is 4. The van der Waals surface area contributed by atoms with Gasteiger partial charge in [-0.1, -0.05) is 13.3 Å². The van der Waals surface area contributed by atoms with Gasteiger partial charge in [0.05, 0.1) is 0 Å². The van der Waals surface area contributed by atoms with Crippen LogP contribution in [0.2, 0.25) is 0 Å². The van der Waals surface area contributed by atoms with Crippen LogP contribution in [0, 0.1) is 6.92 Å². The Hall–Kier alpha value is 0.842. The lowest BCUT2D eigenvalue weighted by Crippen LogP contribution is -2.32. The molecule has 92 valence electrons. The third-order valence-corrected chi connectivity index (χ3v) is 1.83. The van der Waals surface area contributed by atoms with Crippen LogP contribution in [-0.4, -0.2) is 9.39 Å². The maximum absolute atomic E-state index is 4.99. The molecule has 0 spiro atoms. The fourth-order valence-corrected chi connectivity index (χ4v) is 1.02. The van der Waals surface area contributed by atoms with E-state index < -0.39 is 9.39 Å². The summed E-state index contributed by atoms with van der Waals surface area (Å²) < 4.78 is 2.23. The molecule has 0 atom stereocenters. The molecule has 0 aliphatic rings. The molecule has 1 heterocycles. The molecule has 0 fully saturated rings. The molecule has 16 heavy (non-hydrogen) atoms. The molecule has 0 amide bonds. The SMILES string of the molecule is CCCC[n+]1ccc(C)cc1.[Cl][Al-]([Cl])([Cl])[Cl]. The van der Waals surface area contributed by atoms with Gasteiger partial charge in [0, 0.05) is 18.6 Å². The third-order valence-electron chi connectivity index (χ3n) is 1.83. The number of pyridine rings is 1. The minimum absolute atomic E-state index is 1.15. The molecule has 0 saturated heterocycles. The average molecular weight is 319 g/mol. The zero-order chi connectivity index (χ0) is 12.6. The summed E-state index contributed by atoms with van der Waals surface area (Å²) in [6.45, 7) is 5.48. The van der Waals surface area contributed by atoms with Crippen LogP contribution < -0.4 is 4.57 Å². The van der Waals surface area contributed by atoms with Gasteiger partial charge in [0.25, 0.3) is 0 Å². The number of hydrogen-bond acceptors (Lipinski definition) is 0. The van der Waals surface area contributed by atoms with Gasteiger partial charge in [0.15, 0.2) is 12.4 Å². The summed E-state index contributed by atoms with van der Waals surface area (Å²) in [6, 6.07) is 4.30. The Morgan fingerprint density at radius 3 is 1.94 bits per heavy atom. The third kappa shape index (κ3) is 12.9. The number of nitrogens with zero attached hydrogens (tertiary/aromatic N) is 1. The molecule has 1 aromatic rings. The van der Waals surface area contributed by atoms with Gasteiger partial charge in [-0.25, -0.2) is 4.57 Å². The molecule has 1 aromatic heterocycles. The molecule has 0 N–H and O–H groups in total. The smallest absolute Gasteiger partial charge is 0.391 e. The zero-order valence-corrected chi connectivity index (χ0v) is 13.6. The summed E-state index contributed by atoms with van der Waals surface area (Å²) in [7, 11) is 17.0. The van der Waals surface area contributed by atoms with Crippen LogP contribution in [0.4, 0.5) is 0 Å². The van der Waals surface area contributed by atoms with Crippen molar-refractivity contribution in [2.75, 3.05) is 0 Å². The van der Waals surface area contributed by atoms with Crippen molar-refractivity contribution in [3.8, 4) is 0 Å². The maximum atomic E-state index is 4.99. The van der Waals surface area contributed by atoms with E-state index in [1.807, 2.05) is 0 Å². The standard InChI is InChI=1S/C10H16N.Al.4ClH/c1-3-4-7-11-8-5-10(2)6-9-11;;;;;/h5-6,8-9H,3-4,7H2,1-2H3;;4*1H/q+1;+3;;;;/p-4. The lowest BCUT2D eigenvalue weighted by molar-refractivity contribution is -0.697. The number of rotatable bonds is 3. The fourth-order valence-electron chi connectivity index (χ4n) is 1.02. The molecule has 1 nitrogen and oxygen atoms in total. The Labute approximate surface area is 117 Å². The summed E-state index contributed by atoms with van der Waals surface area (Å²) in [5, 5.41) is 0. The lowest BCUT2D eigenvalue weighted by Gasteiger charge is -1.97. The second-order valence-electron chi connectivity index (χ2n) is 3.46. The van der Waals surface area contributed by atoms with Crippen molar-refractivity contribution in [2.24, 2.45) is 0 Å². The summed E-state index contributed by atoms with van der Waals surface area (Å²) in [5.41, 5.74) is 1.33. The fraction of sp³-hybridized carbons (Fsp3) is 0.500. The van der Waals surface area contributed by atoms with Crippen LogP contribution in [0.15, 0.2) is 24.5 Å². The Morgan fingerprint density at radius 2 is 1.56 bits per heavy atom. The predicted octanol–water partition coefficient (Wildman–Crippen LogP) is 4.46. The van der Waals surface area contributed by atoms with Crippen molar-refractivity contribution in [3.05, 3.63) is 30.1 Å². The molecule has 0 aromatic carbocycles. The van der Waals surface area contributed by atoms with Crippen molar-refractivity contribution in [2.45, 2.75) is 33.2 Å². The van der Waals surface area contributed by atoms with Crippen molar-refractivity contribution in [1.82, 2.24) is 0 Å². The lowest BCUT2D eigenvalue weighted by atomic mass is 10.3. The van der Waals surface area contributed by atoms with E-state index in [0.717, 1.165) is 6.54 Å². The van der Waals surface area contributed by atoms with E-state index in [9.17, 15) is 0 Å². The summed E-state index contributed by atoms with van der Waals surface area (Å²) >= 11 is 0. The van der Waals surface area contributed by atoms with Crippen molar-refractivity contribution in [3.63, 3.8) is 0 Å². The topological polar surface area (TPSA) is 3.88 Å². The van der Waals surface area contributed by atoms with Crippen molar-refractivity contribution < 1.29 is 4.57 Å². The quantitative estimate of drug-likeness (QED) is 0.572. The second kappa shape index (κ2) is 8.86. The molecular formula is C10H16AlCl4N. The maximum Gasteiger partial charge on any atom is 0.564 e. The van der Waals surface area contributed by atoms with Gasteiger partial charge in [-0.3, -0.25) is 0 Å². The highest BCUT2D eigenvalue weighted by atomic mass is 35.9. The van der Waals surface area contributed by atoms with E-state index in [-0.39, 0.29) is 0 Å². The highest BCUT2D eigenvalue weighted by molar-refractivity contribution is 7.81. The van der Waals surface area contributed by atoms with Crippen molar-refractivity contribution in [1.29, 1.82) is 0 Å². The van der Waals surface area contributed by atoms with Gasteiger partial charge < -0.3 is 40.2 Å². The molecule has 0 aliphatic carbocycles. The van der Waals surface area contributed by atoms with Crippen molar-refractivity contribution >= 4 is 49.6 Å². The number of unbranched alkanes of at least 4 members (excludes halogenated alkanes) is 1. The number of hydrogen-bond donors (Lipinski definition) is 0. The molecule has 0 aliphatic heterocycles. The Kier molecular flexibility index (Phi) is 9.33. The van der Waals surface area contributed by atoms with Gasteiger partial charge in [-0.15, -0.1) is 0 Å². The zero-order valence-electron chi connectivity index (χ0n) is 9.47. The number of aromatic nitrogens is 1. The monoisotopic (exact) mass is 317 g/mol. The summed E-state index contributed by atoms with van der Waals surface area (Å²) in [6.07, 6.45) is 6.82. The van der Waals surface area contributed by atoms with Crippen LogP contribution in [0.25, 0.3) is 0 Å². The van der Waals surface area contributed by atoms with Gasteiger partial charge in [0.2, 0.25) is 0 Å². The Balaban J connectivity index is 0.000000385. The Morgan fingerprint density at radius 1 is 1.12 bits per heavy atom. The highest BCUT2D eigenvalue weighted by Crippen LogP contribution is 2.23. The number of aryl methyl sites for hydroxylation is 2. The first-order valence-corrected chi connectivity index (χ1v) is 12.1. The van der Waals surface area contributed by atoms with Crippen LogP contribution in [0.1, 0.15) is 25.3 Å². The van der Waals surface area contributed by atoms with Crippen LogP contribution in [0.5, 0.6) is 0 Å². The molecular weight excluding hydrogens is 303 g/mol. The molecule has 6 heteroatoms. The minimum Gasteiger partial charge on any atom is -0.391 e. The van der Waals surface area contributed by atoms with Gasteiger partial charge in [-0.2, -0.15) is 0 Å². The normalized spacial score (nSPS) is 10.6. The first kappa shape index (κ1) is 16.8. The predicted molar refractivity (Wildman–Crippen MR) is 75.4 cm³/mol. The molecule has 0 unspecified atom stereocenters. The molecule has 1 rings (SSSR count). The largest absolute Gasteiger partial charge is 0.564 e. The van der Waals surface area contributed by atoms with Crippen LogP contribution in [0.3, 0.4) is 0 Å². The second-order valence-corrected chi connectivity index (χ2v) is 16.3. The summed E-state index contributed by atoms with van der Waals surface area (Å²) in [5.74, 6) is 0. The van der Waals surface area contributed by atoms with E-state index >= 15 is 0 Å². The van der Waals surface area contributed by atoms with E-state index in [1.165, 1.54) is 18.4 Å². The van der Waals surface area contributed by atoms with E-state index in [0.29, 0.717) is 0 Å². The molecule has 0 saturated carbocycles.